The van der Waals surface area contributed by atoms with E-state index in [0.717, 1.165) is 16.5 Å². The molecule has 3 aromatic heterocycles. The second kappa shape index (κ2) is 10.1. The monoisotopic (exact) mass is 585 g/mol. The van der Waals surface area contributed by atoms with Crippen LogP contribution in [0.25, 0.3) is 21.1 Å². The Morgan fingerprint density at radius 3 is 2.74 bits per heavy atom. The Hall–Kier alpha value is -5.04. The highest BCUT2D eigenvalue weighted by Crippen LogP contribution is 2.45. The zero-order valence-electron chi connectivity index (χ0n) is 22.1. The fourth-order valence-electron chi connectivity index (χ4n) is 5.63. The third-order valence-corrected chi connectivity index (χ3v) is 8.77. The van der Waals surface area contributed by atoms with Gasteiger partial charge >= 0.3 is 12.1 Å². The zero-order chi connectivity index (χ0) is 29.0. The van der Waals surface area contributed by atoms with Crippen molar-refractivity contribution in [3.05, 3.63) is 77.3 Å². The van der Waals surface area contributed by atoms with Crippen molar-refractivity contribution in [3.8, 4) is 0 Å². The molecule has 0 aliphatic carbocycles. The van der Waals surface area contributed by atoms with Gasteiger partial charge in [-0.1, -0.05) is 12.1 Å². The molecule has 0 bridgehead atoms. The minimum absolute atomic E-state index is 0.174. The number of likely N-dealkylation sites (tertiary alicyclic amines) is 1. The Kier molecular flexibility index (Phi) is 6.23. The van der Waals surface area contributed by atoms with E-state index in [1.54, 1.807) is 6.07 Å². The van der Waals surface area contributed by atoms with Gasteiger partial charge in [0, 0.05) is 42.8 Å². The molecule has 3 N–H and O–H groups in total. The van der Waals surface area contributed by atoms with Gasteiger partial charge in [0.1, 0.15) is 21.9 Å². The van der Waals surface area contributed by atoms with E-state index in [1.807, 2.05) is 41.1 Å². The van der Waals surface area contributed by atoms with Crippen LogP contribution in [0.4, 0.5) is 31.2 Å². The number of benzene rings is 2. The number of aromatic nitrogens is 3. The molecule has 11 nitrogen and oxygen atoms in total. The topological polar surface area (TPSA) is 133 Å². The normalized spacial score (nSPS) is 15.3. The fourth-order valence-corrected chi connectivity index (χ4v) is 6.62. The summed E-state index contributed by atoms with van der Waals surface area (Å²) >= 11 is 1.17. The number of piperidine rings is 1. The zero-order valence-corrected chi connectivity index (χ0v) is 22.9. The summed E-state index contributed by atoms with van der Waals surface area (Å²) in [6.07, 6.45) is 3.35. The first-order valence-corrected chi connectivity index (χ1v) is 14.2. The molecule has 7 rings (SSSR count). The van der Waals surface area contributed by atoms with Crippen LogP contribution in [-0.4, -0.2) is 61.7 Å². The molecule has 5 aromatic rings. The standard InChI is InChI=1S/C29H24FN7O4S/c30-18-3-1-2-16(12-18)14-36-9-6-17-13-20(4-5-21(17)36)37-25-22-23(34-28(37)39)24(42-27(22)32-15-31-25)26(38)33-19-7-10-35(11-8-19)29(40)41/h1-6,9,12-13,15,19H,7-8,10-11,14H2,(H,33,38)(H,34,39)(H,40,41). The Morgan fingerprint density at radius 2 is 1.95 bits per heavy atom. The number of carbonyl (C=O) groups is 3. The summed E-state index contributed by atoms with van der Waals surface area (Å²) < 4.78 is 15.7. The van der Waals surface area contributed by atoms with Gasteiger partial charge in [-0.3, -0.25) is 4.79 Å². The van der Waals surface area contributed by atoms with Gasteiger partial charge < -0.3 is 25.2 Å². The Balaban J connectivity index is 1.18. The third kappa shape index (κ3) is 4.47. The summed E-state index contributed by atoms with van der Waals surface area (Å²) in [4.78, 5) is 50.5. The van der Waals surface area contributed by atoms with Gasteiger partial charge in [-0.05, 0) is 54.8 Å². The van der Waals surface area contributed by atoms with E-state index in [1.165, 1.54) is 39.6 Å². The van der Waals surface area contributed by atoms with Crippen LogP contribution in [0.15, 0.2) is 61.1 Å². The summed E-state index contributed by atoms with van der Waals surface area (Å²) in [5.41, 5.74) is 2.73. The summed E-state index contributed by atoms with van der Waals surface area (Å²) in [6, 6.07) is 13.4. The summed E-state index contributed by atoms with van der Waals surface area (Å²) in [6.45, 7) is 1.19. The van der Waals surface area contributed by atoms with Crippen LogP contribution in [0.2, 0.25) is 0 Å². The molecule has 13 heteroatoms. The van der Waals surface area contributed by atoms with Crippen LogP contribution in [0, 0.1) is 5.82 Å². The fraction of sp³-hybridized carbons (Fsp3) is 0.207. The van der Waals surface area contributed by atoms with Crippen LogP contribution >= 0.6 is 11.3 Å². The lowest BCUT2D eigenvalue weighted by molar-refractivity contribution is 0.0912. The van der Waals surface area contributed by atoms with Crippen molar-refractivity contribution >= 4 is 67.7 Å². The Morgan fingerprint density at radius 1 is 1.12 bits per heavy atom. The molecule has 0 atom stereocenters. The van der Waals surface area contributed by atoms with Gasteiger partial charge in [-0.2, -0.15) is 0 Å². The molecular formula is C29H24FN7O4S. The second-order valence-electron chi connectivity index (χ2n) is 10.3. The van der Waals surface area contributed by atoms with Crippen molar-refractivity contribution in [1.82, 2.24) is 24.8 Å². The van der Waals surface area contributed by atoms with Crippen LogP contribution < -0.4 is 15.5 Å². The number of hydrogen-bond acceptors (Lipinski definition) is 6. The maximum Gasteiger partial charge on any atom is 0.407 e. The minimum Gasteiger partial charge on any atom is -0.465 e. The van der Waals surface area contributed by atoms with Crippen molar-refractivity contribution in [1.29, 1.82) is 0 Å². The highest BCUT2D eigenvalue weighted by molar-refractivity contribution is 7.21. The molecule has 0 radical (unpaired) electrons. The van der Waals surface area contributed by atoms with Crippen molar-refractivity contribution in [2.45, 2.75) is 25.4 Å². The van der Waals surface area contributed by atoms with Crippen molar-refractivity contribution in [2.24, 2.45) is 0 Å². The van der Waals surface area contributed by atoms with Gasteiger partial charge in [0.25, 0.3) is 5.91 Å². The van der Waals surface area contributed by atoms with Crippen molar-refractivity contribution in [3.63, 3.8) is 0 Å². The predicted molar refractivity (Wildman–Crippen MR) is 156 cm³/mol. The number of anilines is 3. The molecule has 0 unspecified atom stereocenters. The molecule has 4 amide bonds. The summed E-state index contributed by atoms with van der Waals surface area (Å²) in [5.74, 6) is -0.252. The van der Waals surface area contributed by atoms with Crippen LogP contribution in [-0.2, 0) is 6.54 Å². The van der Waals surface area contributed by atoms with Crippen molar-refractivity contribution in [2.75, 3.05) is 23.3 Å². The first-order valence-electron chi connectivity index (χ1n) is 13.4. The van der Waals surface area contributed by atoms with Crippen LogP contribution in [0.3, 0.4) is 0 Å². The predicted octanol–water partition coefficient (Wildman–Crippen LogP) is 5.39. The SMILES string of the molecule is O=C(NC1CCN(C(=O)O)CC1)c1sc2ncnc3c2c1NC(=O)N3c1ccc2c(ccn2Cc2cccc(F)c2)c1. The number of thiophene rings is 1. The van der Waals surface area contributed by atoms with Crippen molar-refractivity contribution < 1.29 is 23.9 Å². The van der Waals surface area contributed by atoms with E-state index in [4.69, 9.17) is 0 Å². The number of amides is 4. The molecular weight excluding hydrogens is 561 g/mol. The highest BCUT2D eigenvalue weighted by Gasteiger charge is 2.34. The van der Waals surface area contributed by atoms with E-state index in [-0.39, 0.29) is 17.8 Å². The highest BCUT2D eigenvalue weighted by atomic mass is 32.1. The largest absolute Gasteiger partial charge is 0.465 e. The van der Waals surface area contributed by atoms with Gasteiger partial charge in [0.15, 0.2) is 5.82 Å². The summed E-state index contributed by atoms with van der Waals surface area (Å²) in [5, 5.41) is 16.5. The third-order valence-electron chi connectivity index (χ3n) is 7.68. The van der Waals surface area contributed by atoms with E-state index in [2.05, 4.69) is 20.6 Å². The first kappa shape index (κ1) is 25.9. The number of nitrogens with zero attached hydrogens (tertiary/aromatic N) is 5. The lowest BCUT2D eigenvalue weighted by Crippen LogP contribution is -2.46. The van der Waals surface area contributed by atoms with Crippen LogP contribution in [0.1, 0.15) is 28.1 Å². The van der Waals surface area contributed by atoms with Gasteiger partial charge in [-0.15, -0.1) is 11.3 Å². The number of rotatable bonds is 5. The Labute approximate surface area is 242 Å². The number of urea groups is 1. The molecule has 0 spiro atoms. The molecule has 42 heavy (non-hydrogen) atoms. The number of nitrogens with one attached hydrogen (secondary N) is 2. The molecule has 1 fully saturated rings. The van der Waals surface area contributed by atoms with Gasteiger partial charge in [-0.25, -0.2) is 28.8 Å². The molecule has 212 valence electrons. The van der Waals surface area contributed by atoms with Gasteiger partial charge in [0.2, 0.25) is 0 Å². The number of halogens is 1. The maximum absolute atomic E-state index is 13.7. The molecule has 1 saturated heterocycles. The average Bonchev–Trinajstić information content (AvgIpc) is 3.55. The average molecular weight is 586 g/mol. The lowest BCUT2D eigenvalue weighted by atomic mass is 10.1. The quantitative estimate of drug-likeness (QED) is 0.253. The number of carbonyl (C=O) groups excluding carboxylic acids is 2. The minimum atomic E-state index is -0.965. The van der Waals surface area contributed by atoms with E-state index in [0.29, 0.717) is 64.8 Å². The van der Waals surface area contributed by atoms with E-state index in [9.17, 15) is 23.9 Å². The summed E-state index contributed by atoms with van der Waals surface area (Å²) in [7, 11) is 0. The molecule has 2 aliphatic heterocycles. The van der Waals surface area contributed by atoms with E-state index < -0.39 is 12.1 Å². The second-order valence-corrected chi connectivity index (χ2v) is 11.3. The molecule has 2 aliphatic rings. The molecule has 0 saturated carbocycles. The van der Waals surface area contributed by atoms with Crippen LogP contribution in [0.5, 0.6) is 0 Å². The lowest BCUT2D eigenvalue weighted by Gasteiger charge is -2.30. The number of fused-ring (bicyclic) bond motifs is 1. The number of hydrogen-bond donors (Lipinski definition) is 3. The first-order chi connectivity index (χ1) is 20.4. The molecule has 5 heterocycles. The van der Waals surface area contributed by atoms with E-state index >= 15 is 0 Å². The van der Waals surface area contributed by atoms with Gasteiger partial charge in [0.05, 0.1) is 16.8 Å². The smallest absolute Gasteiger partial charge is 0.407 e. The number of carboxylic acid groups (broad SMARTS) is 1. The Bertz CT molecular complexity index is 1900. The molecule has 2 aromatic carbocycles. The maximum atomic E-state index is 13.7.